The molecule has 0 saturated heterocycles. The molecule has 3 aromatic rings. The summed E-state index contributed by atoms with van der Waals surface area (Å²) >= 11 is 0. The van der Waals surface area contributed by atoms with Crippen molar-refractivity contribution in [1.29, 1.82) is 0 Å². The third-order valence-electron chi connectivity index (χ3n) is 6.97. The van der Waals surface area contributed by atoms with Gasteiger partial charge in [-0.05, 0) is 67.1 Å². The highest BCUT2D eigenvalue weighted by Gasteiger charge is 2.41. The van der Waals surface area contributed by atoms with Gasteiger partial charge in [0.2, 0.25) is 11.8 Å². The number of benzene rings is 2. The average molecular weight is 565 g/mol. The highest BCUT2D eigenvalue weighted by Crippen LogP contribution is 2.39. The summed E-state index contributed by atoms with van der Waals surface area (Å²) in [6.07, 6.45) is -3.51. The van der Waals surface area contributed by atoms with Crippen LogP contribution in [0.3, 0.4) is 0 Å². The van der Waals surface area contributed by atoms with Crippen molar-refractivity contribution in [2.24, 2.45) is 0 Å². The summed E-state index contributed by atoms with van der Waals surface area (Å²) in [5.74, 6) is -2.76. The Hall–Kier alpha value is -3.96. The van der Waals surface area contributed by atoms with Gasteiger partial charge in [0, 0.05) is 36.5 Å². The number of hydrogen-bond acceptors (Lipinski definition) is 4. The topological polar surface area (TPSA) is 76.5 Å². The third kappa shape index (κ3) is 6.43. The van der Waals surface area contributed by atoms with E-state index in [1.807, 2.05) is 0 Å². The minimum atomic E-state index is -4.68. The molecule has 1 aromatic heterocycles. The highest BCUT2D eigenvalue weighted by atomic mass is 19.4. The molecule has 2 atom stereocenters. The largest absolute Gasteiger partial charge is 0.497 e. The maximum absolute atomic E-state index is 13.9. The molecule has 0 spiro atoms. The summed E-state index contributed by atoms with van der Waals surface area (Å²) < 4.78 is 75.0. The van der Waals surface area contributed by atoms with E-state index in [0.717, 1.165) is 16.8 Å². The van der Waals surface area contributed by atoms with E-state index in [2.05, 4.69) is 10.4 Å². The van der Waals surface area contributed by atoms with Gasteiger partial charge in [-0.3, -0.25) is 14.3 Å². The van der Waals surface area contributed by atoms with E-state index >= 15 is 0 Å². The SMILES string of the molecule is COc1ccc(N(C)C(=O)[C@H](Cc2cc(F)cc(F)c2)NC(=O)Cn2nc(C(F)(F)F)c3c2C(C)CCC3)cc1. The summed E-state index contributed by atoms with van der Waals surface area (Å²) in [5, 5.41) is 6.29. The molecule has 1 unspecified atom stereocenters. The standard InChI is InChI=1S/C28H29F5N4O3/c1-16-5-4-6-22-25(16)37(35-26(22)28(31,32)33)15-24(38)34-23(13-17-11-18(29)14-19(30)12-17)27(39)36(2)20-7-9-21(40-3)10-8-20/h7-12,14,16,23H,4-6,13,15H2,1-3H3,(H,34,38)/t16?,23-/m0/s1. The van der Waals surface area contributed by atoms with E-state index in [0.29, 0.717) is 36.0 Å². The smallest absolute Gasteiger partial charge is 0.435 e. The molecular weight excluding hydrogens is 535 g/mol. The van der Waals surface area contributed by atoms with Gasteiger partial charge >= 0.3 is 6.18 Å². The van der Waals surface area contributed by atoms with Crippen LogP contribution in [0.25, 0.3) is 0 Å². The van der Waals surface area contributed by atoms with Crippen LogP contribution >= 0.6 is 0 Å². The molecule has 0 fully saturated rings. The van der Waals surface area contributed by atoms with Gasteiger partial charge < -0.3 is 15.0 Å². The molecule has 0 saturated carbocycles. The Balaban J connectivity index is 1.61. The van der Waals surface area contributed by atoms with Gasteiger partial charge in [0.25, 0.3) is 0 Å². The second-order valence-electron chi connectivity index (χ2n) is 9.86. The summed E-state index contributed by atoms with van der Waals surface area (Å²) in [4.78, 5) is 27.9. The zero-order chi connectivity index (χ0) is 29.2. The number of carbonyl (C=O) groups is 2. The Morgan fingerprint density at radius 3 is 2.40 bits per heavy atom. The maximum Gasteiger partial charge on any atom is 0.435 e. The van der Waals surface area contributed by atoms with Crippen molar-refractivity contribution >= 4 is 17.5 Å². The number of halogens is 5. The lowest BCUT2D eigenvalue weighted by molar-refractivity contribution is -0.142. The van der Waals surface area contributed by atoms with Crippen molar-refractivity contribution in [2.75, 3.05) is 19.1 Å². The van der Waals surface area contributed by atoms with Crippen LogP contribution in [0.4, 0.5) is 27.6 Å². The number of nitrogens with zero attached hydrogens (tertiary/aromatic N) is 3. The van der Waals surface area contributed by atoms with Crippen LogP contribution in [-0.4, -0.2) is 41.8 Å². The molecule has 2 amide bonds. The molecule has 7 nitrogen and oxygen atoms in total. The molecule has 0 bridgehead atoms. The first kappa shape index (κ1) is 29.0. The van der Waals surface area contributed by atoms with Gasteiger partial charge in [0.05, 0.1) is 7.11 Å². The number of rotatable bonds is 8. The Morgan fingerprint density at radius 1 is 1.15 bits per heavy atom. The predicted molar refractivity (Wildman–Crippen MR) is 137 cm³/mol. The fourth-order valence-electron chi connectivity index (χ4n) is 5.09. The number of nitrogens with one attached hydrogen (secondary N) is 1. The van der Waals surface area contributed by atoms with Crippen molar-refractivity contribution in [3.63, 3.8) is 0 Å². The van der Waals surface area contributed by atoms with E-state index in [9.17, 15) is 31.5 Å². The monoisotopic (exact) mass is 564 g/mol. The molecule has 12 heteroatoms. The Bertz CT molecular complexity index is 1370. The predicted octanol–water partition coefficient (Wildman–Crippen LogP) is 5.02. The molecule has 4 rings (SSSR count). The van der Waals surface area contributed by atoms with Gasteiger partial charge in [0.1, 0.15) is 30.0 Å². The Kier molecular flexibility index (Phi) is 8.45. The molecule has 1 aliphatic carbocycles. The maximum atomic E-state index is 13.9. The van der Waals surface area contributed by atoms with Crippen LogP contribution in [0.15, 0.2) is 42.5 Å². The zero-order valence-electron chi connectivity index (χ0n) is 22.2. The molecule has 2 aromatic carbocycles. The first-order valence-corrected chi connectivity index (χ1v) is 12.7. The van der Waals surface area contributed by atoms with Crippen molar-refractivity contribution in [1.82, 2.24) is 15.1 Å². The van der Waals surface area contributed by atoms with Crippen LogP contribution < -0.4 is 15.0 Å². The second-order valence-corrected chi connectivity index (χ2v) is 9.86. The summed E-state index contributed by atoms with van der Waals surface area (Å²) in [6, 6.07) is 7.99. The van der Waals surface area contributed by atoms with Crippen molar-refractivity contribution in [3.05, 3.63) is 76.6 Å². The first-order valence-electron chi connectivity index (χ1n) is 12.7. The number of ether oxygens (including phenoxy) is 1. The number of amides is 2. The molecule has 1 heterocycles. The van der Waals surface area contributed by atoms with Gasteiger partial charge in [-0.15, -0.1) is 0 Å². The number of fused-ring (bicyclic) bond motifs is 1. The fraction of sp³-hybridized carbons (Fsp3) is 0.393. The minimum Gasteiger partial charge on any atom is -0.497 e. The lowest BCUT2D eigenvalue weighted by atomic mass is 9.87. The minimum absolute atomic E-state index is 0.0844. The molecule has 40 heavy (non-hydrogen) atoms. The number of carbonyl (C=O) groups excluding carboxylic acids is 2. The highest BCUT2D eigenvalue weighted by molar-refractivity contribution is 5.99. The lowest BCUT2D eigenvalue weighted by Crippen LogP contribution is -2.49. The van der Waals surface area contributed by atoms with Crippen molar-refractivity contribution in [3.8, 4) is 5.75 Å². The number of likely N-dealkylation sites (N-methyl/N-ethyl adjacent to an activating group) is 1. The van der Waals surface area contributed by atoms with Crippen LogP contribution in [0.2, 0.25) is 0 Å². The normalized spacial score (nSPS) is 15.8. The molecular formula is C28H29F5N4O3. The van der Waals surface area contributed by atoms with Gasteiger partial charge in [-0.2, -0.15) is 18.3 Å². The van der Waals surface area contributed by atoms with Gasteiger partial charge in [-0.1, -0.05) is 6.92 Å². The molecule has 214 valence electrons. The lowest BCUT2D eigenvalue weighted by Gasteiger charge is -2.26. The van der Waals surface area contributed by atoms with Crippen LogP contribution in [0.1, 0.15) is 48.2 Å². The number of hydrogen-bond donors (Lipinski definition) is 1. The summed E-state index contributed by atoms with van der Waals surface area (Å²) in [6.45, 7) is 1.22. The molecule has 0 aliphatic heterocycles. The zero-order valence-corrected chi connectivity index (χ0v) is 22.2. The average Bonchev–Trinajstić information content (AvgIpc) is 3.27. The van der Waals surface area contributed by atoms with E-state index in [1.54, 1.807) is 31.2 Å². The number of methoxy groups -OCH3 is 1. The first-order chi connectivity index (χ1) is 18.9. The van der Waals surface area contributed by atoms with E-state index < -0.39 is 47.9 Å². The third-order valence-corrected chi connectivity index (χ3v) is 6.97. The molecule has 1 aliphatic rings. The van der Waals surface area contributed by atoms with Crippen molar-refractivity contribution in [2.45, 2.75) is 57.3 Å². The molecule has 1 N–H and O–H groups in total. The van der Waals surface area contributed by atoms with Gasteiger partial charge in [-0.25, -0.2) is 8.78 Å². The number of anilines is 1. The van der Waals surface area contributed by atoms with Crippen molar-refractivity contribution < 1.29 is 36.3 Å². The van der Waals surface area contributed by atoms with E-state index in [-0.39, 0.29) is 29.9 Å². The Labute approximate surface area is 227 Å². The summed E-state index contributed by atoms with van der Waals surface area (Å²) in [5.41, 5.74) is -0.00625. The van der Waals surface area contributed by atoms with Crippen LogP contribution in [0, 0.1) is 11.6 Å². The number of aromatic nitrogens is 2. The van der Waals surface area contributed by atoms with Crippen LogP contribution in [0.5, 0.6) is 5.75 Å². The van der Waals surface area contributed by atoms with E-state index in [1.165, 1.54) is 19.1 Å². The summed E-state index contributed by atoms with van der Waals surface area (Å²) in [7, 11) is 2.96. The van der Waals surface area contributed by atoms with Gasteiger partial charge in [0.15, 0.2) is 5.69 Å². The number of alkyl halides is 3. The van der Waals surface area contributed by atoms with E-state index in [4.69, 9.17) is 4.74 Å². The van der Waals surface area contributed by atoms with Crippen LogP contribution in [-0.2, 0) is 35.2 Å². The molecule has 0 radical (unpaired) electrons. The quantitative estimate of drug-likeness (QED) is 0.390. The Morgan fingerprint density at radius 2 is 1.80 bits per heavy atom. The fourth-order valence-corrected chi connectivity index (χ4v) is 5.09. The second kappa shape index (κ2) is 11.6.